The van der Waals surface area contributed by atoms with Crippen molar-refractivity contribution in [1.29, 1.82) is 0 Å². The van der Waals surface area contributed by atoms with Gasteiger partial charge in [-0.1, -0.05) is 59.3 Å². The average Bonchev–Trinajstić information content (AvgIpc) is 2.20. The third-order valence-corrected chi connectivity index (χ3v) is 3.24. The van der Waals surface area contributed by atoms with Crippen molar-refractivity contribution in [2.24, 2.45) is 11.8 Å². The fraction of sp³-hybridized carbons (Fsp3) is 0.923. The molecule has 0 aliphatic carbocycles. The van der Waals surface area contributed by atoms with Gasteiger partial charge in [-0.25, -0.2) is 0 Å². The van der Waals surface area contributed by atoms with Crippen LogP contribution in [0.4, 0.5) is 0 Å². The first-order valence-corrected chi connectivity index (χ1v) is 6.19. The quantitative estimate of drug-likeness (QED) is 0.400. The van der Waals surface area contributed by atoms with Gasteiger partial charge in [0.05, 0.1) is 0 Å². The van der Waals surface area contributed by atoms with Crippen LogP contribution in [0.15, 0.2) is 0 Å². The third kappa shape index (κ3) is 6.17. The molecule has 1 heteroatoms. The van der Waals surface area contributed by atoms with E-state index in [9.17, 15) is 4.79 Å². The summed E-state index contributed by atoms with van der Waals surface area (Å²) in [5.41, 5.74) is 0. The second-order valence-electron chi connectivity index (χ2n) is 4.40. The summed E-state index contributed by atoms with van der Waals surface area (Å²) in [6.45, 7) is 6.73. The number of hydrogen-bond acceptors (Lipinski definition) is 1. The van der Waals surface area contributed by atoms with E-state index in [1.54, 1.807) is 0 Å². The van der Waals surface area contributed by atoms with Gasteiger partial charge in [0, 0.05) is 6.42 Å². The van der Waals surface area contributed by atoms with Gasteiger partial charge in [-0.05, 0) is 11.8 Å². The van der Waals surface area contributed by atoms with E-state index in [1.165, 1.54) is 32.1 Å². The van der Waals surface area contributed by atoms with Gasteiger partial charge in [-0.2, -0.15) is 0 Å². The van der Waals surface area contributed by atoms with Crippen LogP contribution in [0.3, 0.4) is 0 Å². The Labute approximate surface area is 89.3 Å². The topological polar surface area (TPSA) is 17.1 Å². The lowest BCUT2D eigenvalue weighted by molar-refractivity contribution is -0.109. The Morgan fingerprint density at radius 1 is 1.14 bits per heavy atom. The highest BCUT2D eigenvalue weighted by Crippen LogP contribution is 2.23. The number of rotatable bonds is 9. The molecule has 0 rings (SSSR count). The highest BCUT2D eigenvalue weighted by atomic mass is 16.1. The predicted molar refractivity (Wildman–Crippen MR) is 62.4 cm³/mol. The summed E-state index contributed by atoms with van der Waals surface area (Å²) in [5.74, 6) is 1.34. The average molecular weight is 198 g/mol. The minimum Gasteiger partial charge on any atom is -0.303 e. The van der Waals surface area contributed by atoms with Gasteiger partial charge >= 0.3 is 0 Å². The van der Waals surface area contributed by atoms with Crippen molar-refractivity contribution in [3.63, 3.8) is 0 Å². The Kier molecular flexibility index (Phi) is 9.02. The molecule has 0 N–H and O–H groups in total. The number of hydrogen-bond donors (Lipinski definition) is 0. The van der Waals surface area contributed by atoms with Gasteiger partial charge in [-0.15, -0.1) is 0 Å². The summed E-state index contributed by atoms with van der Waals surface area (Å²) in [4.78, 5) is 10.5. The molecule has 0 aromatic rings. The largest absolute Gasteiger partial charge is 0.303 e. The number of carbonyl (C=O) groups excluding carboxylic acids is 1. The lowest BCUT2D eigenvalue weighted by Crippen LogP contribution is -2.11. The maximum absolute atomic E-state index is 10.5. The summed E-state index contributed by atoms with van der Waals surface area (Å²) in [6, 6.07) is 0. The van der Waals surface area contributed by atoms with E-state index >= 15 is 0 Å². The van der Waals surface area contributed by atoms with Crippen molar-refractivity contribution >= 4 is 6.29 Å². The SMILES string of the molecule is CCCCCCC(C)C(CC)CC=O. The van der Waals surface area contributed by atoms with Crippen LogP contribution in [0.25, 0.3) is 0 Å². The summed E-state index contributed by atoms with van der Waals surface area (Å²) < 4.78 is 0. The molecule has 0 heterocycles. The van der Waals surface area contributed by atoms with Crippen molar-refractivity contribution in [3.05, 3.63) is 0 Å². The molecule has 0 amide bonds. The molecule has 84 valence electrons. The molecule has 14 heavy (non-hydrogen) atoms. The maximum atomic E-state index is 10.5. The van der Waals surface area contributed by atoms with Crippen molar-refractivity contribution in [2.75, 3.05) is 0 Å². The van der Waals surface area contributed by atoms with E-state index in [-0.39, 0.29) is 0 Å². The van der Waals surface area contributed by atoms with Crippen LogP contribution in [0.2, 0.25) is 0 Å². The summed E-state index contributed by atoms with van der Waals surface area (Å²) in [6.07, 6.45) is 9.64. The van der Waals surface area contributed by atoms with Crippen LogP contribution in [0.5, 0.6) is 0 Å². The number of aldehydes is 1. The first-order valence-electron chi connectivity index (χ1n) is 6.19. The van der Waals surface area contributed by atoms with Gasteiger partial charge in [0.25, 0.3) is 0 Å². The minimum absolute atomic E-state index is 0.620. The monoisotopic (exact) mass is 198 g/mol. The van der Waals surface area contributed by atoms with Gasteiger partial charge in [0.2, 0.25) is 0 Å². The number of unbranched alkanes of at least 4 members (excludes halogenated alkanes) is 3. The summed E-state index contributed by atoms with van der Waals surface area (Å²) >= 11 is 0. The van der Waals surface area contributed by atoms with E-state index in [2.05, 4.69) is 20.8 Å². The Morgan fingerprint density at radius 2 is 1.86 bits per heavy atom. The Morgan fingerprint density at radius 3 is 2.36 bits per heavy atom. The highest BCUT2D eigenvalue weighted by Gasteiger charge is 2.13. The second-order valence-corrected chi connectivity index (χ2v) is 4.40. The van der Waals surface area contributed by atoms with Gasteiger partial charge in [0.1, 0.15) is 6.29 Å². The summed E-state index contributed by atoms with van der Waals surface area (Å²) in [7, 11) is 0. The molecular formula is C13H26O. The zero-order valence-corrected chi connectivity index (χ0v) is 10.1. The van der Waals surface area contributed by atoms with Crippen molar-refractivity contribution in [3.8, 4) is 0 Å². The molecule has 2 atom stereocenters. The van der Waals surface area contributed by atoms with Crippen molar-refractivity contribution < 1.29 is 4.79 Å². The van der Waals surface area contributed by atoms with E-state index < -0.39 is 0 Å². The predicted octanol–water partition coefficient (Wildman–Crippen LogP) is 4.21. The molecule has 2 unspecified atom stereocenters. The van der Waals surface area contributed by atoms with Crippen molar-refractivity contribution in [1.82, 2.24) is 0 Å². The molecule has 0 spiro atoms. The zero-order chi connectivity index (χ0) is 10.8. The first-order chi connectivity index (χ1) is 6.76. The van der Waals surface area contributed by atoms with Crippen LogP contribution in [0.1, 0.15) is 65.7 Å². The zero-order valence-electron chi connectivity index (χ0n) is 10.1. The van der Waals surface area contributed by atoms with Gasteiger partial charge < -0.3 is 4.79 Å². The fourth-order valence-electron chi connectivity index (χ4n) is 2.05. The fourth-order valence-corrected chi connectivity index (χ4v) is 2.05. The van der Waals surface area contributed by atoms with E-state index in [1.807, 2.05) is 0 Å². The molecule has 0 aromatic carbocycles. The van der Waals surface area contributed by atoms with Crippen LogP contribution in [-0.2, 0) is 4.79 Å². The molecule has 0 radical (unpaired) electrons. The lowest BCUT2D eigenvalue weighted by Gasteiger charge is -2.20. The molecule has 0 saturated heterocycles. The highest BCUT2D eigenvalue weighted by molar-refractivity contribution is 5.49. The Balaban J connectivity index is 3.57. The molecule has 1 nitrogen and oxygen atoms in total. The summed E-state index contributed by atoms with van der Waals surface area (Å²) in [5, 5.41) is 0. The molecule has 0 bridgehead atoms. The lowest BCUT2D eigenvalue weighted by atomic mass is 9.85. The van der Waals surface area contributed by atoms with E-state index in [0.29, 0.717) is 5.92 Å². The van der Waals surface area contributed by atoms with Crippen LogP contribution in [-0.4, -0.2) is 6.29 Å². The Hall–Kier alpha value is -0.330. The molecule has 0 saturated carbocycles. The van der Waals surface area contributed by atoms with Crippen LogP contribution < -0.4 is 0 Å². The maximum Gasteiger partial charge on any atom is 0.120 e. The van der Waals surface area contributed by atoms with Gasteiger partial charge in [-0.3, -0.25) is 0 Å². The standard InChI is InChI=1S/C13H26O/c1-4-6-7-8-9-12(3)13(5-2)10-11-14/h11-13H,4-10H2,1-3H3. The molecule has 0 aromatic heterocycles. The smallest absolute Gasteiger partial charge is 0.120 e. The van der Waals surface area contributed by atoms with Gasteiger partial charge in [0.15, 0.2) is 0 Å². The molecule has 0 aliphatic rings. The van der Waals surface area contributed by atoms with Crippen LogP contribution >= 0.6 is 0 Å². The normalized spacial score (nSPS) is 15.1. The molecular weight excluding hydrogens is 172 g/mol. The van der Waals surface area contributed by atoms with E-state index in [4.69, 9.17) is 0 Å². The van der Waals surface area contributed by atoms with E-state index in [0.717, 1.165) is 25.0 Å². The second kappa shape index (κ2) is 9.23. The third-order valence-electron chi connectivity index (χ3n) is 3.24. The Bertz CT molecular complexity index is 131. The van der Waals surface area contributed by atoms with Crippen LogP contribution in [0, 0.1) is 11.8 Å². The number of carbonyl (C=O) groups is 1. The molecule has 0 aliphatic heterocycles. The minimum atomic E-state index is 0.620. The molecule has 0 fully saturated rings. The van der Waals surface area contributed by atoms with Crippen molar-refractivity contribution in [2.45, 2.75) is 65.7 Å². The first kappa shape index (κ1) is 13.7.